The van der Waals surface area contributed by atoms with Crippen LogP contribution in [0.2, 0.25) is 0 Å². The summed E-state index contributed by atoms with van der Waals surface area (Å²) in [6, 6.07) is 3.50. The highest BCUT2D eigenvalue weighted by Gasteiger charge is 2.36. The Morgan fingerprint density at radius 1 is 1.27 bits per heavy atom. The van der Waals surface area contributed by atoms with E-state index in [2.05, 4.69) is 10.1 Å². The summed E-state index contributed by atoms with van der Waals surface area (Å²) >= 11 is 0. The number of aryl methyl sites for hydroxylation is 2. The zero-order valence-electron chi connectivity index (χ0n) is 15.8. The molecule has 0 unspecified atom stereocenters. The Balaban J connectivity index is 2.05. The van der Waals surface area contributed by atoms with Crippen molar-refractivity contribution in [3.05, 3.63) is 29.8 Å². The van der Waals surface area contributed by atoms with Crippen LogP contribution in [-0.4, -0.2) is 57.4 Å². The van der Waals surface area contributed by atoms with E-state index >= 15 is 0 Å². The van der Waals surface area contributed by atoms with Gasteiger partial charge in [0.25, 0.3) is 10.2 Å². The molecule has 8 nitrogen and oxygen atoms in total. The first kappa shape index (κ1) is 18.9. The molecule has 0 amide bonds. The predicted octanol–water partition coefficient (Wildman–Crippen LogP) is 2.00. The molecule has 142 valence electrons. The summed E-state index contributed by atoms with van der Waals surface area (Å²) in [7, 11) is -0.403. The second-order valence-corrected chi connectivity index (χ2v) is 8.79. The normalized spacial score (nSPS) is 19.2. The number of rotatable bonds is 5. The van der Waals surface area contributed by atoms with Gasteiger partial charge in [-0.15, -0.1) is 0 Å². The maximum atomic E-state index is 12.8. The largest absolute Gasteiger partial charge is 0.282 e. The van der Waals surface area contributed by atoms with Crippen molar-refractivity contribution < 1.29 is 8.42 Å². The lowest BCUT2D eigenvalue weighted by molar-refractivity contribution is 0.234. The van der Waals surface area contributed by atoms with Crippen LogP contribution in [0.25, 0.3) is 11.4 Å². The number of hydrogen-bond acceptors (Lipinski definition) is 5. The van der Waals surface area contributed by atoms with Crippen molar-refractivity contribution in [1.82, 2.24) is 28.4 Å². The molecule has 0 saturated carbocycles. The molecule has 0 N–H and O–H groups in total. The fourth-order valence-corrected chi connectivity index (χ4v) is 4.62. The van der Waals surface area contributed by atoms with Crippen LogP contribution < -0.4 is 0 Å². The van der Waals surface area contributed by atoms with Gasteiger partial charge in [0.2, 0.25) is 0 Å². The standard InChI is InChI=1S/C17H26N6O2S/c1-5-22-15(9-10-18-22)14-12-13(2)19-17(20-14)16-8-6-7-11-23(16)26(24,25)21(3)4/h9-10,12,16H,5-8,11H2,1-4H3/t16-/m0/s1. The van der Waals surface area contributed by atoms with Crippen LogP contribution in [0.4, 0.5) is 0 Å². The van der Waals surface area contributed by atoms with Crippen LogP contribution in [0.5, 0.6) is 0 Å². The molecule has 3 heterocycles. The van der Waals surface area contributed by atoms with E-state index in [1.807, 2.05) is 30.7 Å². The lowest BCUT2D eigenvalue weighted by Crippen LogP contribution is -2.45. The molecule has 3 rings (SSSR count). The molecule has 1 atom stereocenters. The first-order chi connectivity index (χ1) is 12.3. The molecule has 1 aliphatic rings. The van der Waals surface area contributed by atoms with Gasteiger partial charge in [0, 0.05) is 39.1 Å². The van der Waals surface area contributed by atoms with Crippen molar-refractivity contribution >= 4 is 10.2 Å². The van der Waals surface area contributed by atoms with Gasteiger partial charge in [-0.3, -0.25) is 4.68 Å². The molecule has 0 aliphatic carbocycles. The van der Waals surface area contributed by atoms with E-state index in [9.17, 15) is 8.42 Å². The summed E-state index contributed by atoms with van der Waals surface area (Å²) in [4.78, 5) is 9.32. The molecule has 0 bridgehead atoms. The minimum Gasteiger partial charge on any atom is -0.264 e. The van der Waals surface area contributed by atoms with Crippen molar-refractivity contribution in [3.8, 4) is 11.4 Å². The van der Waals surface area contributed by atoms with E-state index in [1.54, 1.807) is 20.3 Å². The molecule has 1 fully saturated rings. The van der Waals surface area contributed by atoms with Gasteiger partial charge in [-0.2, -0.15) is 22.1 Å². The van der Waals surface area contributed by atoms with E-state index in [0.29, 0.717) is 12.4 Å². The zero-order valence-corrected chi connectivity index (χ0v) is 16.6. The monoisotopic (exact) mass is 378 g/mol. The number of nitrogens with zero attached hydrogens (tertiary/aromatic N) is 6. The average molecular weight is 379 g/mol. The van der Waals surface area contributed by atoms with Crippen molar-refractivity contribution in [3.63, 3.8) is 0 Å². The van der Waals surface area contributed by atoms with Crippen molar-refractivity contribution in [2.75, 3.05) is 20.6 Å². The molecule has 1 aliphatic heterocycles. The highest BCUT2D eigenvalue weighted by Crippen LogP contribution is 2.33. The molecular weight excluding hydrogens is 352 g/mol. The van der Waals surface area contributed by atoms with Gasteiger partial charge in [-0.25, -0.2) is 9.97 Å². The van der Waals surface area contributed by atoms with Crippen LogP contribution in [0.15, 0.2) is 18.3 Å². The van der Waals surface area contributed by atoms with Gasteiger partial charge in [0.05, 0.1) is 17.4 Å². The second-order valence-electron chi connectivity index (χ2n) is 6.70. The lowest BCUT2D eigenvalue weighted by atomic mass is 10.0. The quantitative estimate of drug-likeness (QED) is 0.794. The number of hydrogen-bond donors (Lipinski definition) is 0. The van der Waals surface area contributed by atoms with Gasteiger partial charge in [0.15, 0.2) is 0 Å². The van der Waals surface area contributed by atoms with Gasteiger partial charge >= 0.3 is 0 Å². The third-order valence-corrected chi connectivity index (χ3v) is 6.61. The summed E-state index contributed by atoms with van der Waals surface area (Å²) in [5, 5.41) is 4.30. The molecule has 2 aromatic heterocycles. The molecule has 9 heteroatoms. The third kappa shape index (κ3) is 3.51. The fourth-order valence-electron chi connectivity index (χ4n) is 3.32. The van der Waals surface area contributed by atoms with E-state index in [-0.39, 0.29) is 6.04 Å². The summed E-state index contributed by atoms with van der Waals surface area (Å²) in [5.41, 5.74) is 2.51. The summed E-state index contributed by atoms with van der Waals surface area (Å²) < 4.78 is 30.2. The fraction of sp³-hybridized carbons (Fsp3) is 0.588. The van der Waals surface area contributed by atoms with Crippen LogP contribution >= 0.6 is 0 Å². The molecule has 2 aromatic rings. The second kappa shape index (κ2) is 7.42. The zero-order chi connectivity index (χ0) is 18.9. The first-order valence-electron chi connectivity index (χ1n) is 8.91. The SMILES string of the molecule is CCn1nccc1-c1cc(C)nc([C@@H]2CCCCN2S(=O)(=O)N(C)C)n1. The van der Waals surface area contributed by atoms with Gasteiger partial charge in [-0.05, 0) is 38.8 Å². The Bertz CT molecular complexity index is 877. The molecule has 0 radical (unpaired) electrons. The van der Waals surface area contributed by atoms with E-state index in [1.165, 1.54) is 8.61 Å². The van der Waals surface area contributed by atoms with Crippen LogP contribution in [0.1, 0.15) is 43.7 Å². The van der Waals surface area contributed by atoms with E-state index in [0.717, 1.165) is 42.9 Å². The molecule has 1 saturated heterocycles. The smallest absolute Gasteiger partial charge is 0.264 e. The third-order valence-electron chi connectivity index (χ3n) is 4.66. The molecule has 26 heavy (non-hydrogen) atoms. The average Bonchev–Trinajstić information content (AvgIpc) is 3.10. The topological polar surface area (TPSA) is 84.2 Å². The van der Waals surface area contributed by atoms with Gasteiger partial charge < -0.3 is 0 Å². The van der Waals surface area contributed by atoms with Crippen molar-refractivity contribution in [1.29, 1.82) is 0 Å². The van der Waals surface area contributed by atoms with E-state index in [4.69, 9.17) is 4.98 Å². The maximum absolute atomic E-state index is 12.8. The first-order valence-corrected chi connectivity index (χ1v) is 10.3. The predicted molar refractivity (Wildman–Crippen MR) is 99.6 cm³/mol. The lowest BCUT2D eigenvalue weighted by Gasteiger charge is -2.35. The van der Waals surface area contributed by atoms with Crippen LogP contribution in [-0.2, 0) is 16.8 Å². The van der Waals surface area contributed by atoms with Crippen molar-refractivity contribution in [2.24, 2.45) is 0 Å². The van der Waals surface area contributed by atoms with Gasteiger partial charge in [-0.1, -0.05) is 6.42 Å². The van der Waals surface area contributed by atoms with Crippen molar-refractivity contribution in [2.45, 2.75) is 45.7 Å². The van der Waals surface area contributed by atoms with E-state index < -0.39 is 10.2 Å². The minimum absolute atomic E-state index is 0.340. The van der Waals surface area contributed by atoms with Gasteiger partial charge in [0.1, 0.15) is 5.82 Å². The Kier molecular flexibility index (Phi) is 5.40. The molecular formula is C17H26N6O2S. The maximum Gasteiger partial charge on any atom is 0.282 e. The Morgan fingerprint density at radius 3 is 2.73 bits per heavy atom. The molecule has 0 spiro atoms. The van der Waals surface area contributed by atoms with Crippen LogP contribution in [0, 0.1) is 6.92 Å². The Morgan fingerprint density at radius 2 is 2.04 bits per heavy atom. The minimum atomic E-state index is -3.52. The number of aromatic nitrogens is 4. The molecule has 0 aromatic carbocycles. The summed E-state index contributed by atoms with van der Waals surface area (Å²) in [6.45, 7) is 5.17. The Hall–Kier alpha value is -1.84. The highest BCUT2D eigenvalue weighted by molar-refractivity contribution is 7.86. The highest BCUT2D eigenvalue weighted by atomic mass is 32.2. The summed E-state index contributed by atoms with van der Waals surface area (Å²) in [5.74, 6) is 0.564. The summed E-state index contributed by atoms with van der Waals surface area (Å²) in [6.07, 6.45) is 4.29. The Labute approximate surface area is 155 Å². The number of piperidine rings is 1. The van der Waals surface area contributed by atoms with Crippen LogP contribution in [0.3, 0.4) is 0 Å².